The second-order valence-electron chi connectivity index (χ2n) is 3.96. The third-order valence-electron chi connectivity index (χ3n) is 2.81. The minimum absolute atomic E-state index is 0.239. The third kappa shape index (κ3) is 2.24. The zero-order valence-electron chi connectivity index (χ0n) is 9.22. The smallest absolute Gasteiger partial charge is 0.391 e. The first kappa shape index (κ1) is 10.7. The molecule has 16 heavy (non-hydrogen) atoms. The van der Waals surface area contributed by atoms with Gasteiger partial charge < -0.3 is 15.4 Å². The molecule has 1 fully saturated rings. The summed E-state index contributed by atoms with van der Waals surface area (Å²) in [6.07, 6.45) is 3.29. The number of primary amides is 1. The van der Waals surface area contributed by atoms with Crippen LogP contribution in [-0.4, -0.2) is 23.7 Å². The topological polar surface area (TPSA) is 68.5 Å². The Balaban J connectivity index is 2.09. The highest BCUT2D eigenvalue weighted by Crippen LogP contribution is 2.25. The second-order valence-corrected chi connectivity index (χ2v) is 3.96. The first-order valence-corrected chi connectivity index (χ1v) is 5.37. The monoisotopic (exact) mass is 221 g/mol. The molecule has 1 saturated heterocycles. The summed E-state index contributed by atoms with van der Waals surface area (Å²) in [6.45, 7) is 3.25. The number of pyridine rings is 1. The molecule has 1 atom stereocenters. The first-order valence-electron chi connectivity index (χ1n) is 5.37. The van der Waals surface area contributed by atoms with Gasteiger partial charge in [0, 0.05) is 18.7 Å². The molecule has 1 amide bonds. The van der Waals surface area contributed by atoms with Crippen LogP contribution < -0.4 is 15.4 Å². The zero-order chi connectivity index (χ0) is 11.5. The van der Waals surface area contributed by atoms with Gasteiger partial charge in [-0.1, -0.05) is 0 Å². The summed E-state index contributed by atoms with van der Waals surface area (Å²) < 4.78 is 4.67. The average Bonchev–Trinajstić information content (AvgIpc) is 2.65. The molecule has 5 heteroatoms. The summed E-state index contributed by atoms with van der Waals surface area (Å²) in [5.74, 6) is 0.239. The molecule has 1 aromatic heterocycles. The largest absolute Gasteiger partial charge is 0.411 e. The molecule has 0 radical (unpaired) electrons. The van der Waals surface area contributed by atoms with E-state index in [2.05, 4.69) is 21.5 Å². The van der Waals surface area contributed by atoms with E-state index in [0.29, 0.717) is 6.04 Å². The molecule has 1 aromatic rings. The fourth-order valence-corrected chi connectivity index (χ4v) is 2.02. The highest BCUT2D eigenvalue weighted by Gasteiger charge is 2.20. The highest BCUT2D eigenvalue weighted by atomic mass is 16.6. The highest BCUT2D eigenvalue weighted by molar-refractivity contribution is 5.67. The Bertz CT molecular complexity index is 377. The Morgan fingerprint density at radius 2 is 2.44 bits per heavy atom. The van der Waals surface area contributed by atoms with E-state index >= 15 is 0 Å². The predicted octanol–water partition coefficient (Wildman–Crippen LogP) is 1.53. The molecule has 2 N–H and O–H groups in total. The molecule has 0 spiro atoms. The first-order chi connectivity index (χ1) is 7.66. The Hall–Kier alpha value is -1.78. The molecule has 0 aliphatic carbocycles. The van der Waals surface area contributed by atoms with Crippen molar-refractivity contribution in [3.63, 3.8) is 0 Å². The number of ether oxygens (including phenoxy) is 1. The van der Waals surface area contributed by atoms with Crippen LogP contribution in [0, 0.1) is 0 Å². The number of carbonyl (C=O) groups is 1. The Kier molecular flexibility index (Phi) is 2.94. The fourth-order valence-electron chi connectivity index (χ4n) is 2.02. The molecule has 0 aromatic carbocycles. The molecule has 0 bridgehead atoms. The average molecular weight is 221 g/mol. The number of hydrogen-bond donors (Lipinski definition) is 1. The Morgan fingerprint density at radius 3 is 2.94 bits per heavy atom. The standard InChI is InChI=1S/C11H15N3O2/c1-8-3-2-6-14(8)9-4-5-10(13-7-9)16-11(12)15/h4-5,7-8H,2-3,6H2,1H3,(H2,12,15). The summed E-state index contributed by atoms with van der Waals surface area (Å²) in [6, 6.07) is 4.10. The summed E-state index contributed by atoms with van der Waals surface area (Å²) in [5.41, 5.74) is 5.95. The molecular formula is C11H15N3O2. The van der Waals surface area contributed by atoms with Gasteiger partial charge in [0.1, 0.15) is 0 Å². The quantitative estimate of drug-likeness (QED) is 0.822. The van der Waals surface area contributed by atoms with Gasteiger partial charge in [-0.2, -0.15) is 0 Å². The SMILES string of the molecule is CC1CCCN1c1ccc(OC(N)=O)nc1. The molecule has 2 heterocycles. The lowest BCUT2D eigenvalue weighted by Gasteiger charge is -2.23. The van der Waals surface area contributed by atoms with Crippen molar-refractivity contribution < 1.29 is 9.53 Å². The minimum Gasteiger partial charge on any atom is -0.391 e. The number of rotatable bonds is 2. The molecule has 1 unspecified atom stereocenters. The van der Waals surface area contributed by atoms with Gasteiger partial charge in [0.2, 0.25) is 5.88 Å². The van der Waals surface area contributed by atoms with Gasteiger partial charge in [-0.15, -0.1) is 0 Å². The Morgan fingerprint density at radius 1 is 1.62 bits per heavy atom. The van der Waals surface area contributed by atoms with E-state index in [0.717, 1.165) is 12.2 Å². The van der Waals surface area contributed by atoms with E-state index in [9.17, 15) is 4.79 Å². The van der Waals surface area contributed by atoms with Crippen LogP contribution in [0.2, 0.25) is 0 Å². The predicted molar refractivity (Wildman–Crippen MR) is 60.5 cm³/mol. The maximum absolute atomic E-state index is 10.5. The molecule has 2 rings (SSSR count). The maximum atomic E-state index is 10.5. The van der Waals surface area contributed by atoms with E-state index in [4.69, 9.17) is 5.73 Å². The van der Waals surface area contributed by atoms with Crippen molar-refractivity contribution in [2.24, 2.45) is 5.73 Å². The normalized spacial score (nSPS) is 19.8. The summed E-state index contributed by atoms with van der Waals surface area (Å²) >= 11 is 0. The van der Waals surface area contributed by atoms with Gasteiger partial charge >= 0.3 is 6.09 Å². The van der Waals surface area contributed by atoms with Crippen LogP contribution in [0.5, 0.6) is 5.88 Å². The summed E-state index contributed by atoms with van der Waals surface area (Å²) in [4.78, 5) is 16.8. The number of anilines is 1. The van der Waals surface area contributed by atoms with E-state index < -0.39 is 6.09 Å². The van der Waals surface area contributed by atoms with Gasteiger partial charge in [-0.3, -0.25) is 0 Å². The van der Waals surface area contributed by atoms with E-state index in [1.807, 2.05) is 6.07 Å². The lowest BCUT2D eigenvalue weighted by atomic mass is 10.2. The molecular weight excluding hydrogens is 206 g/mol. The number of aromatic nitrogens is 1. The van der Waals surface area contributed by atoms with Gasteiger partial charge in [-0.05, 0) is 25.8 Å². The van der Waals surface area contributed by atoms with Crippen molar-refractivity contribution in [3.05, 3.63) is 18.3 Å². The van der Waals surface area contributed by atoms with Crippen LogP contribution in [0.1, 0.15) is 19.8 Å². The van der Waals surface area contributed by atoms with Crippen molar-refractivity contribution in [3.8, 4) is 5.88 Å². The van der Waals surface area contributed by atoms with Crippen LogP contribution >= 0.6 is 0 Å². The van der Waals surface area contributed by atoms with Gasteiger partial charge in [-0.25, -0.2) is 9.78 Å². The number of carbonyl (C=O) groups excluding carboxylic acids is 1. The van der Waals surface area contributed by atoms with Crippen molar-refractivity contribution in [2.75, 3.05) is 11.4 Å². The van der Waals surface area contributed by atoms with Crippen LogP contribution in [0.15, 0.2) is 18.3 Å². The van der Waals surface area contributed by atoms with Crippen molar-refractivity contribution in [2.45, 2.75) is 25.8 Å². The lowest BCUT2D eigenvalue weighted by Crippen LogP contribution is -2.26. The van der Waals surface area contributed by atoms with Crippen molar-refractivity contribution >= 4 is 11.8 Å². The Labute approximate surface area is 94.2 Å². The molecule has 1 aliphatic heterocycles. The minimum atomic E-state index is -0.838. The number of nitrogens with zero attached hydrogens (tertiary/aromatic N) is 2. The number of nitrogens with two attached hydrogens (primary N) is 1. The molecule has 86 valence electrons. The van der Waals surface area contributed by atoms with Crippen LogP contribution in [0.25, 0.3) is 0 Å². The van der Waals surface area contributed by atoms with Crippen LogP contribution in [0.4, 0.5) is 10.5 Å². The van der Waals surface area contributed by atoms with Gasteiger partial charge in [0.25, 0.3) is 0 Å². The molecule has 1 aliphatic rings. The number of amides is 1. The van der Waals surface area contributed by atoms with Gasteiger partial charge in [0.05, 0.1) is 11.9 Å². The van der Waals surface area contributed by atoms with E-state index in [1.165, 1.54) is 12.8 Å². The number of hydrogen-bond acceptors (Lipinski definition) is 4. The second kappa shape index (κ2) is 4.38. The van der Waals surface area contributed by atoms with Crippen LogP contribution in [0.3, 0.4) is 0 Å². The van der Waals surface area contributed by atoms with Crippen molar-refractivity contribution in [1.29, 1.82) is 0 Å². The maximum Gasteiger partial charge on any atom is 0.411 e. The zero-order valence-corrected chi connectivity index (χ0v) is 9.22. The summed E-state index contributed by atoms with van der Waals surface area (Å²) in [7, 11) is 0. The van der Waals surface area contributed by atoms with Gasteiger partial charge in [0.15, 0.2) is 0 Å². The molecule has 5 nitrogen and oxygen atoms in total. The lowest BCUT2D eigenvalue weighted by molar-refractivity contribution is 0.209. The molecule has 0 saturated carbocycles. The summed E-state index contributed by atoms with van der Waals surface area (Å²) in [5, 5.41) is 0. The third-order valence-corrected chi connectivity index (χ3v) is 2.81. The van der Waals surface area contributed by atoms with E-state index in [-0.39, 0.29) is 5.88 Å². The van der Waals surface area contributed by atoms with E-state index in [1.54, 1.807) is 12.3 Å². The van der Waals surface area contributed by atoms with Crippen LogP contribution in [-0.2, 0) is 0 Å². The fraction of sp³-hybridized carbons (Fsp3) is 0.455. The van der Waals surface area contributed by atoms with Crippen molar-refractivity contribution in [1.82, 2.24) is 4.98 Å².